The number of hydrogen-bond acceptors (Lipinski definition) is 0. The maximum Gasteiger partial charge on any atom is -0.00232 e. The Bertz CT molecular complexity index is 2100. The quantitative estimate of drug-likeness (QED) is 0.203. The Balaban J connectivity index is 1.34. The molecule has 1 aliphatic rings. The topological polar surface area (TPSA) is 0 Å². The predicted molar refractivity (Wildman–Crippen MR) is 177 cm³/mol. The minimum absolute atomic E-state index is 0.921. The molecule has 7 aromatic rings. The van der Waals surface area contributed by atoms with E-state index in [0.717, 1.165) is 6.42 Å². The molecule has 0 fully saturated rings. The molecule has 0 nitrogen and oxygen atoms in total. The second kappa shape index (κ2) is 9.77. The van der Waals surface area contributed by atoms with Gasteiger partial charge in [-0.1, -0.05) is 152 Å². The van der Waals surface area contributed by atoms with Crippen LogP contribution in [0.15, 0.2) is 152 Å². The van der Waals surface area contributed by atoms with Gasteiger partial charge in [-0.15, -0.1) is 0 Å². The third-order valence-corrected chi connectivity index (χ3v) is 8.46. The summed E-state index contributed by atoms with van der Waals surface area (Å²) in [5.41, 5.74) is 10.2. The highest BCUT2D eigenvalue weighted by atomic mass is 14.2. The van der Waals surface area contributed by atoms with Crippen molar-refractivity contribution in [3.05, 3.63) is 168 Å². The van der Waals surface area contributed by atoms with E-state index in [-0.39, 0.29) is 0 Å². The van der Waals surface area contributed by atoms with Crippen LogP contribution >= 0.6 is 0 Å². The molecule has 0 radical (unpaired) electrons. The minimum Gasteiger partial charge on any atom is -0.0801 e. The van der Waals surface area contributed by atoms with Crippen molar-refractivity contribution in [2.45, 2.75) is 6.42 Å². The van der Waals surface area contributed by atoms with Gasteiger partial charge in [0.2, 0.25) is 0 Å². The van der Waals surface area contributed by atoms with Crippen molar-refractivity contribution < 1.29 is 0 Å². The van der Waals surface area contributed by atoms with Crippen LogP contribution in [0.2, 0.25) is 0 Å². The second-order valence-corrected chi connectivity index (χ2v) is 10.8. The summed E-state index contributed by atoms with van der Waals surface area (Å²) < 4.78 is 0. The maximum atomic E-state index is 2.40. The van der Waals surface area contributed by atoms with E-state index in [2.05, 4.69) is 158 Å². The molecule has 0 bridgehead atoms. The van der Waals surface area contributed by atoms with E-state index in [9.17, 15) is 0 Å². The highest BCUT2D eigenvalue weighted by molar-refractivity contribution is 6.20. The Hall–Kier alpha value is -5.20. The van der Waals surface area contributed by atoms with Crippen molar-refractivity contribution in [2.24, 2.45) is 0 Å². The van der Waals surface area contributed by atoms with Crippen molar-refractivity contribution in [3.8, 4) is 22.3 Å². The minimum atomic E-state index is 0.921. The lowest BCUT2D eigenvalue weighted by molar-refractivity contribution is 1.42. The number of hydrogen-bond donors (Lipinski definition) is 0. The molecule has 0 aromatic heterocycles. The molecule has 8 rings (SSSR count). The smallest absolute Gasteiger partial charge is 0.00232 e. The maximum absolute atomic E-state index is 2.40. The van der Waals surface area contributed by atoms with Gasteiger partial charge in [-0.05, 0) is 89.3 Å². The van der Waals surface area contributed by atoms with Gasteiger partial charge in [0, 0.05) is 0 Å². The SMILES string of the molecule is C1=Cc2ccccc2C(c2c3ccccc3c(-c3ccc(-c4ccc5ccccc5c4)cc3)c3ccccc23)=CC1. The van der Waals surface area contributed by atoms with Gasteiger partial charge in [0.15, 0.2) is 0 Å². The lowest BCUT2D eigenvalue weighted by Gasteiger charge is -2.20. The normalized spacial score (nSPS) is 12.8. The van der Waals surface area contributed by atoms with E-state index in [4.69, 9.17) is 0 Å². The average molecular weight is 521 g/mol. The van der Waals surface area contributed by atoms with Crippen molar-refractivity contribution in [1.29, 1.82) is 0 Å². The van der Waals surface area contributed by atoms with Crippen LogP contribution in [0.3, 0.4) is 0 Å². The predicted octanol–water partition coefficient (Wildman–Crippen LogP) is 11.3. The molecule has 0 saturated heterocycles. The molecule has 0 amide bonds. The van der Waals surface area contributed by atoms with Crippen LogP contribution in [0, 0.1) is 0 Å². The van der Waals surface area contributed by atoms with Gasteiger partial charge < -0.3 is 0 Å². The van der Waals surface area contributed by atoms with Crippen LogP contribution in [0.1, 0.15) is 23.1 Å². The standard InChI is InChI=1S/C41H28/c1-2-14-32-27-33(26-23-28(32)11-1)29-21-24-31(25-22-29)40-36-17-7-9-19-38(36)41(39-20-10-8-18-37(39)40)35-16-6-4-13-30-12-3-5-15-34(30)35/h1-5,7-27H,6H2. The average Bonchev–Trinajstić information content (AvgIpc) is 3.26. The molecule has 7 aromatic carbocycles. The lowest BCUT2D eigenvalue weighted by atomic mass is 9.83. The highest BCUT2D eigenvalue weighted by Crippen LogP contribution is 2.44. The summed E-state index contributed by atoms with van der Waals surface area (Å²) in [4.78, 5) is 0. The van der Waals surface area contributed by atoms with Crippen molar-refractivity contribution in [2.75, 3.05) is 0 Å². The van der Waals surface area contributed by atoms with Crippen LogP contribution in [-0.2, 0) is 0 Å². The monoisotopic (exact) mass is 520 g/mol. The zero-order valence-corrected chi connectivity index (χ0v) is 22.7. The largest absolute Gasteiger partial charge is 0.0801 e. The van der Waals surface area contributed by atoms with Crippen LogP contribution in [0.4, 0.5) is 0 Å². The summed E-state index contributed by atoms with van der Waals surface area (Å²) in [7, 11) is 0. The number of allylic oxidation sites excluding steroid dienone is 2. The van der Waals surface area contributed by atoms with Crippen LogP contribution in [0.5, 0.6) is 0 Å². The summed E-state index contributed by atoms with van der Waals surface area (Å²) in [6, 6.07) is 51.1. The van der Waals surface area contributed by atoms with Gasteiger partial charge in [-0.2, -0.15) is 0 Å². The summed E-state index contributed by atoms with van der Waals surface area (Å²) in [6.07, 6.45) is 7.84. The Morgan fingerprint density at radius 1 is 0.415 bits per heavy atom. The highest BCUT2D eigenvalue weighted by Gasteiger charge is 2.20. The first-order chi connectivity index (χ1) is 20.3. The van der Waals surface area contributed by atoms with Gasteiger partial charge in [0.05, 0.1) is 0 Å². The van der Waals surface area contributed by atoms with E-state index in [1.807, 2.05) is 0 Å². The molecule has 0 heteroatoms. The Labute approximate surface area is 240 Å². The zero-order chi connectivity index (χ0) is 27.2. The number of fused-ring (bicyclic) bond motifs is 4. The second-order valence-electron chi connectivity index (χ2n) is 10.8. The fourth-order valence-corrected chi connectivity index (χ4v) is 6.54. The van der Waals surface area contributed by atoms with E-state index in [1.54, 1.807) is 0 Å². The van der Waals surface area contributed by atoms with Gasteiger partial charge in [0.25, 0.3) is 0 Å². The third kappa shape index (κ3) is 4.00. The van der Waals surface area contributed by atoms with E-state index in [0.29, 0.717) is 0 Å². The van der Waals surface area contributed by atoms with Gasteiger partial charge in [-0.25, -0.2) is 0 Å². The van der Waals surface area contributed by atoms with Crippen molar-refractivity contribution >= 4 is 44.0 Å². The summed E-state index contributed by atoms with van der Waals surface area (Å²) in [5, 5.41) is 7.70. The Kier molecular flexibility index (Phi) is 5.64. The molecular weight excluding hydrogens is 492 g/mol. The number of rotatable bonds is 3. The van der Waals surface area contributed by atoms with Crippen LogP contribution in [0.25, 0.3) is 66.2 Å². The van der Waals surface area contributed by atoms with Gasteiger partial charge >= 0.3 is 0 Å². The molecule has 0 spiro atoms. The first-order valence-corrected chi connectivity index (χ1v) is 14.3. The van der Waals surface area contributed by atoms with E-state index >= 15 is 0 Å². The molecular formula is C41H28. The molecule has 41 heavy (non-hydrogen) atoms. The Morgan fingerprint density at radius 2 is 0.976 bits per heavy atom. The molecule has 0 N–H and O–H groups in total. The third-order valence-electron chi connectivity index (χ3n) is 8.46. The first kappa shape index (κ1) is 23.7. The molecule has 0 aliphatic heterocycles. The van der Waals surface area contributed by atoms with E-state index in [1.165, 1.54) is 76.8 Å². The summed E-state index contributed by atoms with van der Waals surface area (Å²) in [6.45, 7) is 0. The zero-order valence-electron chi connectivity index (χ0n) is 22.7. The van der Waals surface area contributed by atoms with Crippen LogP contribution in [-0.4, -0.2) is 0 Å². The van der Waals surface area contributed by atoms with Crippen LogP contribution < -0.4 is 0 Å². The lowest BCUT2D eigenvalue weighted by Crippen LogP contribution is -1.96. The Morgan fingerprint density at radius 3 is 1.71 bits per heavy atom. The molecule has 0 unspecified atom stereocenters. The van der Waals surface area contributed by atoms with Gasteiger partial charge in [-0.3, -0.25) is 0 Å². The fourth-order valence-electron chi connectivity index (χ4n) is 6.54. The van der Waals surface area contributed by atoms with E-state index < -0.39 is 0 Å². The van der Waals surface area contributed by atoms with Crippen molar-refractivity contribution in [3.63, 3.8) is 0 Å². The molecule has 1 aliphatic carbocycles. The van der Waals surface area contributed by atoms with Crippen molar-refractivity contribution in [1.82, 2.24) is 0 Å². The molecule has 0 saturated carbocycles. The fraction of sp³-hybridized carbons (Fsp3) is 0.0244. The van der Waals surface area contributed by atoms with Gasteiger partial charge in [0.1, 0.15) is 0 Å². The molecule has 0 atom stereocenters. The molecule has 0 heterocycles. The summed E-state index contributed by atoms with van der Waals surface area (Å²) >= 11 is 0. The summed E-state index contributed by atoms with van der Waals surface area (Å²) in [5.74, 6) is 0. The first-order valence-electron chi connectivity index (χ1n) is 14.3. The number of benzene rings is 7. The molecule has 192 valence electrons.